The van der Waals surface area contributed by atoms with Crippen LogP contribution in [0.3, 0.4) is 0 Å². The van der Waals surface area contributed by atoms with E-state index in [0.29, 0.717) is 52.3 Å². The van der Waals surface area contributed by atoms with Crippen LogP contribution in [-0.2, 0) is 19.1 Å². The second-order valence-electron chi connectivity index (χ2n) is 8.38. The maximum Gasteiger partial charge on any atom is 0.409 e. The van der Waals surface area contributed by atoms with E-state index < -0.39 is 0 Å². The van der Waals surface area contributed by atoms with Crippen LogP contribution in [0.5, 0.6) is 0 Å². The summed E-state index contributed by atoms with van der Waals surface area (Å²) in [5, 5.41) is 0. The van der Waals surface area contributed by atoms with Crippen LogP contribution in [0.4, 0.5) is 4.79 Å². The van der Waals surface area contributed by atoms with E-state index in [4.69, 9.17) is 9.47 Å². The highest BCUT2D eigenvalue weighted by atomic mass is 16.6. The lowest BCUT2D eigenvalue weighted by molar-refractivity contribution is -0.132. The minimum atomic E-state index is -0.250. The third kappa shape index (κ3) is 5.85. The Morgan fingerprint density at radius 3 is 2.40 bits per heavy atom. The Hall–Kier alpha value is -1.87. The topological polar surface area (TPSA) is 82.6 Å². The van der Waals surface area contributed by atoms with Crippen LogP contribution in [0.1, 0.15) is 39.0 Å². The zero-order valence-electron chi connectivity index (χ0n) is 18.4. The van der Waals surface area contributed by atoms with Crippen molar-refractivity contribution in [3.8, 4) is 0 Å². The van der Waals surface area contributed by atoms with Crippen molar-refractivity contribution < 1.29 is 23.9 Å². The van der Waals surface area contributed by atoms with Crippen molar-refractivity contribution in [3.05, 3.63) is 0 Å². The van der Waals surface area contributed by atoms with E-state index in [1.54, 1.807) is 12.0 Å². The van der Waals surface area contributed by atoms with Gasteiger partial charge in [0.05, 0.1) is 19.3 Å². The van der Waals surface area contributed by atoms with Gasteiger partial charge in [0.15, 0.2) is 0 Å². The predicted octanol–water partition coefficient (Wildman–Crippen LogP) is 0.779. The van der Waals surface area contributed by atoms with Crippen molar-refractivity contribution in [3.63, 3.8) is 0 Å². The Morgan fingerprint density at radius 1 is 1.03 bits per heavy atom. The minimum Gasteiger partial charge on any atom is -0.450 e. The smallest absolute Gasteiger partial charge is 0.409 e. The number of amides is 3. The van der Waals surface area contributed by atoms with Gasteiger partial charge >= 0.3 is 6.09 Å². The van der Waals surface area contributed by atoms with Crippen molar-refractivity contribution in [2.45, 2.75) is 51.2 Å². The molecule has 3 saturated heterocycles. The first-order valence-electron chi connectivity index (χ1n) is 11.3. The lowest BCUT2D eigenvalue weighted by Gasteiger charge is -2.37. The summed E-state index contributed by atoms with van der Waals surface area (Å²) in [4.78, 5) is 44.4. The van der Waals surface area contributed by atoms with E-state index >= 15 is 0 Å². The van der Waals surface area contributed by atoms with Crippen LogP contribution in [-0.4, -0.2) is 116 Å². The number of likely N-dealkylation sites (tertiary alicyclic amines) is 2. The van der Waals surface area contributed by atoms with Crippen molar-refractivity contribution in [2.24, 2.45) is 0 Å². The fraction of sp³-hybridized carbons (Fsp3) is 0.857. The van der Waals surface area contributed by atoms with Crippen molar-refractivity contribution in [1.82, 2.24) is 19.6 Å². The molecule has 0 saturated carbocycles. The molecule has 0 aromatic carbocycles. The molecule has 3 aliphatic heterocycles. The monoisotopic (exact) mass is 424 g/mol. The molecule has 0 bridgehead atoms. The van der Waals surface area contributed by atoms with E-state index in [0.717, 1.165) is 38.8 Å². The summed E-state index contributed by atoms with van der Waals surface area (Å²) in [5.41, 5.74) is 0. The lowest BCUT2D eigenvalue weighted by Crippen LogP contribution is -2.49. The van der Waals surface area contributed by atoms with Gasteiger partial charge in [0.1, 0.15) is 0 Å². The average molecular weight is 425 g/mol. The standard InChI is InChI=1S/C21H36N4O5/c1-3-30-21(28)23-12-7-17(8-13-23)25-15-18(29-2)14-24(20(27)16-25)11-5-10-22-9-4-6-19(22)26/h17-18H,3-16H2,1-2H3. The van der Waals surface area contributed by atoms with Crippen LogP contribution in [0, 0.1) is 0 Å². The van der Waals surface area contributed by atoms with Gasteiger partial charge in [-0.1, -0.05) is 0 Å². The van der Waals surface area contributed by atoms with Gasteiger partial charge in [-0.3, -0.25) is 14.5 Å². The molecule has 1 atom stereocenters. The zero-order chi connectivity index (χ0) is 21.5. The van der Waals surface area contributed by atoms with Gasteiger partial charge in [0.25, 0.3) is 0 Å². The fourth-order valence-corrected chi connectivity index (χ4v) is 4.67. The van der Waals surface area contributed by atoms with E-state index in [1.807, 2.05) is 16.7 Å². The summed E-state index contributed by atoms with van der Waals surface area (Å²) in [7, 11) is 1.70. The molecule has 3 amide bonds. The number of carbonyl (C=O) groups excluding carboxylic acids is 3. The Morgan fingerprint density at radius 2 is 1.77 bits per heavy atom. The molecule has 3 fully saturated rings. The summed E-state index contributed by atoms with van der Waals surface area (Å²) in [6.45, 7) is 7.39. The summed E-state index contributed by atoms with van der Waals surface area (Å²) in [6.07, 6.45) is 3.77. The van der Waals surface area contributed by atoms with Gasteiger partial charge in [-0.15, -0.1) is 0 Å². The number of carbonyl (C=O) groups is 3. The molecule has 1 unspecified atom stereocenters. The van der Waals surface area contributed by atoms with Gasteiger partial charge in [0.2, 0.25) is 11.8 Å². The summed E-state index contributed by atoms with van der Waals surface area (Å²) in [5.74, 6) is 0.349. The van der Waals surface area contributed by atoms with Crippen LogP contribution in [0.25, 0.3) is 0 Å². The molecule has 3 rings (SSSR count). The van der Waals surface area contributed by atoms with Gasteiger partial charge < -0.3 is 24.2 Å². The first kappa shape index (κ1) is 22.8. The van der Waals surface area contributed by atoms with Gasteiger partial charge in [-0.05, 0) is 32.6 Å². The normalized spacial score (nSPS) is 24.5. The van der Waals surface area contributed by atoms with Crippen LogP contribution in [0.15, 0.2) is 0 Å². The molecule has 3 heterocycles. The number of methoxy groups -OCH3 is 1. The second-order valence-corrected chi connectivity index (χ2v) is 8.38. The third-order valence-electron chi connectivity index (χ3n) is 6.42. The number of rotatable bonds is 7. The molecular formula is C21H36N4O5. The molecule has 9 heteroatoms. The van der Waals surface area contributed by atoms with E-state index in [-0.39, 0.29) is 30.1 Å². The molecule has 170 valence electrons. The molecule has 0 aromatic heterocycles. The second kappa shape index (κ2) is 10.9. The maximum atomic E-state index is 12.9. The minimum absolute atomic E-state index is 0.0343. The van der Waals surface area contributed by atoms with Gasteiger partial charge in [-0.2, -0.15) is 0 Å². The fourth-order valence-electron chi connectivity index (χ4n) is 4.67. The quantitative estimate of drug-likeness (QED) is 0.601. The highest BCUT2D eigenvalue weighted by Crippen LogP contribution is 2.20. The number of nitrogens with zero attached hydrogens (tertiary/aromatic N) is 4. The molecule has 0 radical (unpaired) electrons. The average Bonchev–Trinajstić information content (AvgIpc) is 3.08. The highest BCUT2D eigenvalue weighted by Gasteiger charge is 2.34. The molecule has 9 nitrogen and oxygen atoms in total. The molecule has 3 aliphatic rings. The zero-order valence-corrected chi connectivity index (χ0v) is 18.4. The van der Waals surface area contributed by atoms with E-state index in [2.05, 4.69) is 4.90 Å². The Balaban J connectivity index is 1.50. The molecule has 0 spiro atoms. The molecular weight excluding hydrogens is 388 g/mol. The van der Waals surface area contributed by atoms with Crippen molar-refractivity contribution in [2.75, 3.05) is 66.1 Å². The van der Waals surface area contributed by atoms with Gasteiger partial charge in [0, 0.05) is 65.4 Å². The summed E-state index contributed by atoms with van der Waals surface area (Å²) < 4.78 is 10.8. The first-order valence-corrected chi connectivity index (χ1v) is 11.3. The van der Waals surface area contributed by atoms with Crippen LogP contribution < -0.4 is 0 Å². The first-order chi connectivity index (χ1) is 14.5. The Bertz CT molecular complexity index is 608. The SMILES string of the molecule is CCOC(=O)N1CCC(N2CC(=O)N(CCCN3CCCC3=O)CC(OC)C2)CC1. The molecule has 0 N–H and O–H groups in total. The summed E-state index contributed by atoms with van der Waals surface area (Å²) in [6, 6.07) is 0.263. The number of hydrogen-bond acceptors (Lipinski definition) is 6. The van der Waals surface area contributed by atoms with Crippen molar-refractivity contribution in [1.29, 1.82) is 0 Å². The van der Waals surface area contributed by atoms with Gasteiger partial charge in [-0.25, -0.2) is 4.79 Å². The molecule has 0 aromatic rings. The molecule has 30 heavy (non-hydrogen) atoms. The number of hydrogen-bond donors (Lipinski definition) is 0. The van der Waals surface area contributed by atoms with E-state index in [1.165, 1.54) is 0 Å². The third-order valence-corrected chi connectivity index (χ3v) is 6.42. The number of ether oxygens (including phenoxy) is 2. The van der Waals surface area contributed by atoms with Crippen molar-refractivity contribution >= 4 is 17.9 Å². The summed E-state index contributed by atoms with van der Waals surface area (Å²) >= 11 is 0. The predicted molar refractivity (Wildman–Crippen MR) is 111 cm³/mol. The lowest BCUT2D eigenvalue weighted by atomic mass is 10.0. The maximum absolute atomic E-state index is 12.9. The van der Waals surface area contributed by atoms with Crippen LogP contribution >= 0.6 is 0 Å². The largest absolute Gasteiger partial charge is 0.450 e. The Kier molecular flexibility index (Phi) is 8.32. The highest BCUT2D eigenvalue weighted by molar-refractivity contribution is 5.79. The van der Waals surface area contributed by atoms with Crippen LogP contribution in [0.2, 0.25) is 0 Å². The Labute approximate surface area is 179 Å². The van der Waals surface area contributed by atoms with E-state index in [9.17, 15) is 14.4 Å². The molecule has 0 aliphatic carbocycles. The number of piperidine rings is 1.